The standard InChI is InChI=1S/C14H21N3O.HI/c1-14(2,3)17-13(15)16-9-11-8-10-6-4-5-7-12(10)18-11;/h4-7,11H,8-9H2,1-3H3,(H3,15,16,17);1H. The van der Waals surface area contributed by atoms with Gasteiger partial charge in [-0.05, 0) is 32.4 Å². The van der Waals surface area contributed by atoms with E-state index in [-0.39, 0.29) is 35.6 Å². The van der Waals surface area contributed by atoms with Gasteiger partial charge < -0.3 is 15.8 Å². The van der Waals surface area contributed by atoms with E-state index in [1.807, 2.05) is 18.2 Å². The molecule has 4 nitrogen and oxygen atoms in total. The van der Waals surface area contributed by atoms with Crippen molar-refractivity contribution in [1.29, 1.82) is 0 Å². The van der Waals surface area contributed by atoms with Crippen LogP contribution in [-0.2, 0) is 6.42 Å². The first-order chi connectivity index (χ1) is 8.44. The lowest BCUT2D eigenvalue weighted by Crippen LogP contribution is -2.45. The monoisotopic (exact) mass is 375 g/mol. The third kappa shape index (κ3) is 4.89. The highest BCUT2D eigenvalue weighted by atomic mass is 127. The zero-order valence-electron chi connectivity index (χ0n) is 11.6. The molecular weight excluding hydrogens is 353 g/mol. The second-order valence-electron chi connectivity index (χ2n) is 5.65. The Morgan fingerprint density at radius 3 is 2.74 bits per heavy atom. The Kier molecular flexibility index (Phi) is 5.46. The van der Waals surface area contributed by atoms with Gasteiger partial charge in [-0.25, -0.2) is 4.99 Å². The van der Waals surface area contributed by atoms with Gasteiger partial charge >= 0.3 is 0 Å². The van der Waals surface area contributed by atoms with Crippen molar-refractivity contribution >= 4 is 29.9 Å². The number of rotatable bonds is 2. The van der Waals surface area contributed by atoms with E-state index in [1.165, 1.54) is 5.56 Å². The van der Waals surface area contributed by atoms with Gasteiger partial charge in [-0.1, -0.05) is 18.2 Å². The summed E-state index contributed by atoms with van der Waals surface area (Å²) in [6.45, 7) is 6.75. The summed E-state index contributed by atoms with van der Waals surface area (Å²) < 4.78 is 5.80. The van der Waals surface area contributed by atoms with Crippen LogP contribution in [0.25, 0.3) is 0 Å². The average Bonchev–Trinajstić information content (AvgIpc) is 2.66. The van der Waals surface area contributed by atoms with Crippen molar-refractivity contribution in [3.05, 3.63) is 29.8 Å². The molecule has 0 fully saturated rings. The van der Waals surface area contributed by atoms with Crippen LogP contribution in [0.4, 0.5) is 0 Å². The third-order valence-corrected chi connectivity index (χ3v) is 2.68. The van der Waals surface area contributed by atoms with Crippen LogP contribution in [0.3, 0.4) is 0 Å². The SMILES string of the molecule is CC(C)(C)NC(N)=NCC1Cc2ccccc2O1.I. The van der Waals surface area contributed by atoms with Gasteiger partial charge in [0.1, 0.15) is 11.9 Å². The maximum Gasteiger partial charge on any atom is 0.189 e. The van der Waals surface area contributed by atoms with E-state index >= 15 is 0 Å². The summed E-state index contributed by atoms with van der Waals surface area (Å²) in [4.78, 5) is 4.33. The van der Waals surface area contributed by atoms with Gasteiger partial charge in [0, 0.05) is 12.0 Å². The lowest BCUT2D eigenvalue weighted by atomic mass is 10.1. The van der Waals surface area contributed by atoms with E-state index in [9.17, 15) is 0 Å². The maximum absolute atomic E-state index is 5.83. The van der Waals surface area contributed by atoms with Crippen LogP contribution in [0.2, 0.25) is 0 Å². The van der Waals surface area contributed by atoms with Gasteiger partial charge in [0.2, 0.25) is 0 Å². The Balaban J connectivity index is 0.00000180. The fourth-order valence-corrected chi connectivity index (χ4v) is 1.98. The van der Waals surface area contributed by atoms with Crippen molar-refractivity contribution in [1.82, 2.24) is 5.32 Å². The number of guanidine groups is 1. The van der Waals surface area contributed by atoms with Crippen molar-refractivity contribution < 1.29 is 4.74 Å². The van der Waals surface area contributed by atoms with E-state index in [0.29, 0.717) is 12.5 Å². The van der Waals surface area contributed by atoms with Crippen LogP contribution in [0.5, 0.6) is 5.75 Å². The van der Waals surface area contributed by atoms with Gasteiger partial charge in [0.05, 0.1) is 6.54 Å². The summed E-state index contributed by atoms with van der Waals surface area (Å²) in [5.74, 6) is 1.45. The second kappa shape index (κ2) is 6.45. The van der Waals surface area contributed by atoms with Crippen LogP contribution < -0.4 is 15.8 Å². The first-order valence-electron chi connectivity index (χ1n) is 6.27. The number of ether oxygens (including phenoxy) is 1. The lowest BCUT2D eigenvalue weighted by Gasteiger charge is -2.21. The van der Waals surface area contributed by atoms with Crippen molar-refractivity contribution in [2.45, 2.75) is 38.8 Å². The molecule has 106 valence electrons. The van der Waals surface area contributed by atoms with Crippen LogP contribution in [0.1, 0.15) is 26.3 Å². The van der Waals surface area contributed by atoms with Crippen LogP contribution >= 0.6 is 24.0 Å². The summed E-state index contributed by atoms with van der Waals surface area (Å²) in [5.41, 5.74) is 7.01. The number of aliphatic imine (C=N–C) groups is 1. The van der Waals surface area contributed by atoms with Crippen molar-refractivity contribution in [3.8, 4) is 5.75 Å². The predicted molar refractivity (Wildman–Crippen MR) is 89.4 cm³/mol. The molecule has 1 aliphatic heterocycles. The van der Waals surface area contributed by atoms with Gasteiger partial charge in [-0.2, -0.15) is 0 Å². The van der Waals surface area contributed by atoms with Gasteiger partial charge in [-0.3, -0.25) is 0 Å². The molecule has 19 heavy (non-hydrogen) atoms. The Morgan fingerprint density at radius 2 is 2.11 bits per heavy atom. The molecule has 0 amide bonds. The number of hydrogen-bond donors (Lipinski definition) is 2. The molecule has 0 aromatic heterocycles. The van der Waals surface area contributed by atoms with Crippen LogP contribution in [-0.4, -0.2) is 24.1 Å². The summed E-state index contributed by atoms with van der Waals surface area (Å²) in [7, 11) is 0. The predicted octanol–water partition coefficient (Wildman–Crippen LogP) is 2.31. The van der Waals surface area contributed by atoms with Crippen molar-refractivity contribution in [2.75, 3.05) is 6.54 Å². The van der Waals surface area contributed by atoms with Crippen molar-refractivity contribution in [2.24, 2.45) is 10.7 Å². The number of nitrogens with one attached hydrogen (secondary N) is 1. The lowest BCUT2D eigenvalue weighted by molar-refractivity contribution is 0.241. The molecule has 1 aromatic carbocycles. The number of nitrogens with two attached hydrogens (primary N) is 1. The molecule has 1 aliphatic rings. The molecule has 0 bridgehead atoms. The number of halogens is 1. The topological polar surface area (TPSA) is 59.6 Å². The maximum atomic E-state index is 5.83. The van der Waals surface area contributed by atoms with Crippen molar-refractivity contribution in [3.63, 3.8) is 0 Å². The minimum Gasteiger partial charge on any atom is -0.488 e. The molecular formula is C14H22IN3O. The van der Waals surface area contributed by atoms with Gasteiger partial charge in [0.15, 0.2) is 5.96 Å². The highest BCUT2D eigenvalue weighted by Crippen LogP contribution is 2.28. The van der Waals surface area contributed by atoms with E-state index in [2.05, 4.69) is 37.1 Å². The first kappa shape index (κ1) is 16.1. The molecule has 1 aromatic rings. The largest absolute Gasteiger partial charge is 0.488 e. The molecule has 0 aliphatic carbocycles. The van der Waals surface area contributed by atoms with E-state index in [4.69, 9.17) is 10.5 Å². The molecule has 0 saturated heterocycles. The highest BCUT2D eigenvalue weighted by molar-refractivity contribution is 14.0. The summed E-state index contributed by atoms with van der Waals surface area (Å²) in [6, 6.07) is 8.11. The number of para-hydroxylation sites is 1. The van der Waals surface area contributed by atoms with E-state index in [0.717, 1.165) is 12.2 Å². The normalized spacial score (nSPS) is 18.3. The smallest absolute Gasteiger partial charge is 0.189 e. The Labute approximate surface area is 131 Å². The molecule has 5 heteroatoms. The quantitative estimate of drug-likeness (QED) is 0.474. The molecule has 1 heterocycles. The molecule has 0 radical (unpaired) electrons. The zero-order valence-corrected chi connectivity index (χ0v) is 14.0. The summed E-state index contributed by atoms with van der Waals surface area (Å²) in [5, 5.41) is 3.14. The van der Waals surface area contributed by atoms with Crippen LogP contribution in [0, 0.1) is 0 Å². The van der Waals surface area contributed by atoms with Gasteiger partial charge in [0.25, 0.3) is 0 Å². The Morgan fingerprint density at radius 1 is 1.42 bits per heavy atom. The van der Waals surface area contributed by atoms with Gasteiger partial charge in [-0.15, -0.1) is 24.0 Å². The van der Waals surface area contributed by atoms with Crippen LogP contribution in [0.15, 0.2) is 29.3 Å². The van der Waals surface area contributed by atoms with E-state index < -0.39 is 0 Å². The molecule has 1 atom stereocenters. The Bertz CT molecular complexity index is 429. The first-order valence-corrected chi connectivity index (χ1v) is 6.27. The number of nitrogens with zero attached hydrogens (tertiary/aromatic N) is 1. The van der Waals surface area contributed by atoms with E-state index in [1.54, 1.807) is 0 Å². The molecule has 0 spiro atoms. The minimum atomic E-state index is -0.0624. The Hall–Kier alpha value is -0.980. The molecule has 2 rings (SSSR count). The molecule has 3 N–H and O–H groups in total. The molecule has 1 unspecified atom stereocenters. The number of benzene rings is 1. The minimum absolute atomic E-state index is 0. The average molecular weight is 375 g/mol. The highest BCUT2D eigenvalue weighted by Gasteiger charge is 2.22. The zero-order chi connectivity index (χ0) is 13.2. The summed E-state index contributed by atoms with van der Waals surface area (Å²) in [6.07, 6.45) is 1.00. The number of hydrogen-bond acceptors (Lipinski definition) is 2. The number of fused-ring (bicyclic) bond motifs is 1. The third-order valence-electron chi connectivity index (χ3n) is 2.68. The molecule has 0 saturated carbocycles. The fourth-order valence-electron chi connectivity index (χ4n) is 1.98. The fraction of sp³-hybridized carbons (Fsp3) is 0.500. The second-order valence-corrected chi connectivity index (χ2v) is 5.65. The summed E-state index contributed by atoms with van der Waals surface area (Å²) >= 11 is 0.